The van der Waals surface area contributed by atoms with E-state index in [0.717, 1.165) is 17.2 Å². The molecule has 37 heavy (non-hydrogen) atoms. The van der Waals surface area contributed by atoms with Crippen molar-refractivity contribution in [2.75, 3.05) is 11.5 Å². The molecule has 0 aromatic heterocycles. The quantitative estimate of drug-likeness (QED) is 0.200. The topological polar surface area (TPSA) is 90.6 Å². The van der Waals surface area contributed by atoms with Crippen LogP contribution in [0.1, 0.15) is 36.1 Å². The zero-order valence-corrected chi connectivity index (χ0v) is 20.2. The summed E-state index contributed by atoms with van der Waals surface area (Å²) in [6.07, 6.45) is 0.829. The molecule has 182 valence electrons. The second-order valence-electron chi connectivity index (χ2n) is 8.81. The van der Waals surface area contributed by atoms with Gasteiger partial charge in [-0.05, 0) is 65.2 Å². The fraction of sp³-hybridized carbons (Fsp3) is 0.129. The van der Waals surface area contributed by atoms with E-state index in [9.17, 15) is 20.0 Å². The van der Waals surface area contributed by atoms with Crippen LogP contribution in [0.25, 0.3) is 16.5 Å². The third-order valence-corrected chi connectivity index (χ3v) is 6.39. The third kappa shape index (κ3) is 4.43. The summed E-state index contributed by atoms with van der Waals surface area (Å²) in [6.45, 7) is 2.53. The second kappa shape index (κ2) is 10.00. The molecule has 1 saturated heterocycles. The minimum Gasteiger partial charge on any atom is -0.507 e. The number of aliphatic hydroxyl groups excluding tert-OH is 1. The van der Waals surface area contributed by atoms with Crippen LogP contribution in [0, 0.1) is 11.3 Å². The number of amides is 1. The van der Waals surface area contributed by atoms with Crippen LogP contribution in [0.2, 0.25) is 0 Å². The Labute approximate surface area is 214 Å². The Kier molecular flexibility index (Phi) is 6.44. The molecule has 4 aromatic carbocycles. The summed E-state index contributed by atoms with van der Waals surface area (Å²) in [5, 5.41) is 22.6. The summed E-state index contributed by atoms with van der Waals surface area (Å²) in [7, 11) is 0. The SMILES string of the molecule is CCCOc1cccc(C2/C(=C(/O)c3ccc4ccccc4c3)C(=O)C(=O)N2c2ccc(C#N)cc2)c1. The average molecular weight is 489 g/mol. The van der Waals surface area contributed by atoms with Crippen molar-refractivity contribution in [1.82, 2.24) is 0 Å². The Morgan fingerprint density at radius 3 is 2.43 bits per heavy atom. The number of aliphatic hydroxyl groups is 1. The predicted molar refractivity (Wildman–Crippen MR) is 142 cm³/mol. The van der Waals surface area contributed by atoms with Crippen molar-refractivity contribution in [2.24, 2.45) is 0 Å². The fourth-order valence-corrected chi connectivity index (χ4v) is 4.60. The molecule has 6 heteroatoms. The van der Waals surface area contributed by atoms with E-state index in [1.807, 2.05) is 43.3 Å². The first kappa shape index (κ1) is 23.8. The van der Waals surface area contributed by atoms with Crippen molar-refractivity contribution < 1.29 is 19.4 Å². The number of anilines is 1. The van der Waals surface area contributed by atoms with Crippen molar-refractivity contribution in [1.29, 1.82) is 5.26 Å². The van der Waals surface area contributed by atoms with Gasteiger partial charge in [0.1, 0.15) is 11.5 Å². The molecule has 1 N–H and O–H groups in total. The number of ketones is 1. The molecule has 0 spiro atoms. The van der Waals surface area contributed by atoms with Gasteiger partial charge in [0.2, 0.25) is 0 Å². The normalized spacial score (nSPS) is 16.6. The van der Waals surface area contributed by atoms with Crippen LogP contribution < -0.4 is 9.64 Å². The van der Waals surface area contributed by atoms with Crippen molar-refractivity contribution in [3.05, 3.63) is 113 Å². The maximum Gasteiger partial charge on any atom is 0.300 e. The largest absolute Gasteiger partial charge is 0.507 e. The van der Waals surface area contributed by atoms with Gasteiger partial charge in [-0.1, -0.05) is 55.5 Å². The molecule has 1 atom stereocenters. The summed E-state index contributed by atoms with van der Waals surface area (Å²) in [5.74, 6) is -1.17. The van der Waals surface area contributed by atoms with Gasteiger partial charge in [0.25, 0.3) is 11.7 Å². The van der Waals surface area contributed by atoms with Crippen LogP contribution in [0.3, 0.4) is 0 Å². The zero-order valence-electron chi connectivity index (χ0n) is 20.2. The summed E-state index contributed by atoms with van der Waals surface area (Å²) >= 11 is 0. The molecule has 1 amide bonds. The number of hydrogen-bond donors (Lipinski definition) is 1. The smallest absolute Gasteiger partial charge is 0.300 e. The molecule has 4 aromatic rings. The van der Waals surface area contributed by atoms with E-state index in [1.165, 1.54) is 4.90 Å². The number of fused-ring (bicyclic) bond motifs is 1. The zero-order chi connectivity index (χ0) is 25.9. The third-order valence-electron chi connectivity index (χ3n) is 6.39. The van der Waals surface area contributed by atoms with Crippen LogP contribution in [-0.2, 0) is 9.59 Å². The van der Waals surface area contributed by atoms with Crippen LogP contribution in [-0.4, -0.2) is 23.4 Å². The standard InChI is InChI=1S/C31H24N2O4/c1-2-16-37-26-9-5-8-23(18-26)28-27(29(34)24-13-12-21-6-3-4-7-22(21)17-24)30(35)31(36)33(28)25-14-10-20(19-32)11-15-25/h3-15,17-18,28,34H,2,16H2,1H3/b29-27-. The summed E-state index contributed by atoms with van der Waals surface area (Å²) in [6, 6.07) is 28.0. The minimum absolute atomic E-state index is 0.00252. The number of benzene rings is 4. The molecule has 1 fully saturated rings. The first-order chi connectivity index (χ1) is 18.0. The van der Waals surface area contributed by atoms with Gasteiger partial charge >= 0.3 is 0 Å². The number of carbonyl (C=O) groups is 2. The highest BCUT2D eigenvalue weighted by molar-refractivity contribution is 6.51. The number of Topliss-reactive ketones (excluding diaryl/α,β-unsaturated/α-hetero) is 1. The molecule has 0 saturated carbocycles. The number of nitrogens with zero attached hydrogens (tertiary/aromatic N) is 2. The van der Waals surface area contributed by atoms with E-state index < -0.39 is 17.7 Å². The van der Waals surface area contributed by atoms with Gasteiger partial charge in [0.15, 0.2) is 0 Å². The van der Waals surface area contributed by atoms with Crippen molar-refractivity contribution in [3.8, 4) is 11.8 Å². The Hall–Kier alpha value is -4.89. The number of ether oxygens (including phenoxy) is 1. The Bertz CT molecular complexity index is 1580. The fourth-order valence-electron chi connectivity index (χ4n) is 4.60. The van der Waals surface area contributed by atoms with Gasteiger partial charge in [-0.25, -0.2) is 0 Å². The molecule has 6 nitrogen and oxygen atoms in total. The van der Waals surface area contributed by atoms with E-state index in [2.05, 4.69) is 6.07 Å². The number of hydrogen-bond acceptors (Lipinski definition) is 5. The lowest BCUT2D eigenvalue weighted by atomic mass is 9.94. The van der Waals surface area contributed by atoms with E-state index in [1.54, 1.807) is 54.6 Å². The van der Waals surface area contributed by atoms with Gasteiger partial charge in [0, 0.05) is 11.3 Å². The predicted octanol–water partition coefficient (Wildman–Crippen LogP) is 6.13. The summed E-state index contributed by atoms with van der Waals surface area (Å²) < 4.78 is 5.81. The highest BCUT2D eigenvalue weighted by Gasteiger charge is 2.47. The number of nitriles is 1. The molecule has 1 aliphatic heterocycles. The van der Waals surface area contributed by atoms with Gasteiger partial charge in [-0.3, -0.25) is 14.5 Å². The monoisotopic (exact) mass is 488 g/mol. The summed E-state index contributed by atoms with van der Waals surface area (Å²) in [4.78, 5) is 28.2. The van der Waals surface area contributed by atoms with Crippen LogP contribution in [0.5, 0.6) is 5.75 Å². The maximum absolute atomic E-state index is 13.4. The Morgan fingerprint density at radius 2 is 1.70 bits per heavy atom. The molecular weight excluding hydrogens is 464 g/mol. The lowest BCUT2D eigenvalue weighted by Gasteiger charge is -2.26. The van der Waals surface area contributed by atoms with Gasteiger partial charge < -0.3 is 9.84 Å². The van der Waals surface area contributed by atoms with E-state index >= 15 is 0 Å². The summed E-state index contributed by atoms with van der Waals surface area (Å²) in [5.41, 5.74) is 1.95. The average Bonchev–Trinajstić information content (AvgIpc) is 3.21. The van der Waals surface area contributed by atoms with Crippen LogP contribution in [0.15, 0.2) is 96.6 Å². The van der Waals surface area contributed by atoms with Crippen LogP contribution in [0.4, 0.5) is 5.69 Å². The molecule has 0 aliphatic carbocycles. The lowest BCUT2D eigenvalue weighted by Crippen LogP contribution is -2.29. The molecule has 1 unspecified atom stereocenters. The van der Waals surface area contributed by atoms with Crippen LogP contribution >= 0.6 is 0 Å². The highest BCUT2D eigenvalue weighted by atomic mass is 16.5. The Balaban J connectivity index is 1.69. The Morgan fingerprint density at radius 1 is 0.946 bits per heavy atom. The molecule has 1 heterocycles. The molecule has 0 bridgehead atoms. The molecule has 0 radical (unpaired) electrons. The molecule has 5 rings (SSSR count). The first-order valence-electron chi connectivity index (χ1n) is 12.0. The van der Waals surface area contributed by atoms with E-state index in [0.29, 0.717) is 34.7 Å². The van der Waals surface area contributed by atoms with Gasteiger partial charge in [0.05, 0.1) is 29.9 Å². The second-order valence-corrected chi connectivity index (χ2v) is 8.81. The highest BCUT2D eigenvalue weighted by Crippen LogP contribution is 2.43. The number of carbonyl (C=O) groups excluding carboxylic acids is 2. The van der Waals surface area contributed by atoms with Gasteiger partial charge in [-0.15, -0.1) is 0 Å². The lowest BCUT2D eigenvalue weighted by molar-refractivity contribution is -0.132. The maximum atomic E-state index is 13.4. The van der Waals surface area contributed by atoms with Gasteiger partial charge in [-0.2, -0.15) is 5.26 Å². The minimum atomic E-state index is -0.885. The molecular formula is C31H24N2O4. The van der Waals surface area contributed by atoms with Crippen molar-refractivity contribution in [2.45, 2.75) is 19.4 Å². The van der Waals surface area contributed by atoms with E-state index in [-0.39, 0.29) is 11.3 Å². The first-order valence-corrected chi connectivity index (χ1v) is 12.0. The van der Waals surface area contributed by atoms with Crippen molar-refractivity contribution >= 4 is 33.9 Å². The van der Waals surface area contributed by atoms with Crippen molar-refractivity contribution in [3.63, 3.8) is 0 Å². The number of rotatable bonds is 6. The van der Waals surface area contributed by atoms with E-state index in [4.69, 9.17) is 4.74 Å². The molecule has 1 aliphatic rings.